The number of hydrogen-bond acceptors (Lipinski definition) is 4. The van der Waals surface area contributed by atoms with Crippen molar-refractivity contribution >= 4 is 29.9 Å². The Balaban J connectivity index is 0.00000341. The van der Waals surface area contributed by atoms with Crippen molar-refractivity contribution in [2.24, 2.45) is 12.0 Å². The zero-order valence-electron chi connectivity index (χ0n) is 18.1. The second kappa shape index (κ2) is 11.6. The van der Waals surface area contributed by atoms with E-state index < -0.39 is 5.82 Å². The Bertz CT molecular complexity index is 1020. The molecule has 0 unspecified atom stereocenters. The standard InChI is InChI=1S/C22H27FN6O.HI/c1-5-25-22(27-14-19-15(2)28-29(4)16(19)3)26-12-17-8-9-21(20(23)11-17)30-18-7-6-10-24-13-18;/h6-11,13H,5,12,14H2,1-4H3,(H2,25,26,27);1H. The maximum absolute atomic E-state index is 14.4. The number of rotatable bonds is 7. The van der Waals surface area contributed by atoms with Gasteiger partial charge in [-0.3, -0.25) is 9.67 Å². The number of benzene rings is 1. The van der Waals surface area contributed by atoms with Gasteiger partial charge in [0.05, 0.1) is 18.4 Å². The van der Waals surface area contributed by atoms with Crippen molar-refractivity contribution in [3.63, 3.8) is 0 Å². The number of aromatic nitrogens is 3. The van der Waals surface area contributed by atoms with Gasteiger partial charge in [0.15, 0.2) is 17.5 Å². The minimum absolute atomic E-state index is 0. The molecule has 0 saturated heterocycles. The average molecular weight is 538 g/mol. The third-order valence-corrected chi connectivity index (χ3v) is 4.71. The van der Waals surface area contributed by atoms with Gasteiger partial charge in [0.2, 0.25) is 0 Å². The molecular weight excluding hydrogens is 510 g/mol. The Hall–Kier alpha value is -2.69. The van der Waals surface area contributed by atoms with Crippen LogP contribution < -0.4 is 15.4 Å². The van der Waals surface area contributed by atoms with Crippen molar-refractivity contribution in [2.75, 3.05) is 6.54 Å². The summed E-state index contributed by atoms with van der Waals surface area (Å²) in [4.78, 5) is 8.53. The lowest BCUT2D eigenvalue weighted by Gasteiger charge is -2.12. The Morgan fingerprint density at radius 3 is 2.65 bits per heavy atom. The fourth-order valence-corrected chi connectivity index (χ4v) is 3.02. The molecule has 3 aromatic rings. The quantitative estimate of drug-likeness (QED) is 0.268. The van der Waals surface area contributed by atoms with E-state index in [1.807, 2.05) is 32.5 Å². The number of pyridine rings is 1. The first-order valence-electron chi connectivity index (χ1n) is 9.85. The Labute approximate surface area is 199 Å². The summed E-state index contributed by atoms with van der Waals surface area (Å²) in [7, 11) is 1.93. The van der Waals surface area contributed by atoms with E-state index in [0.29, 0.717) is 24.8 Å². The highest BCUT2D eigenvalue weighted by Crippen LogP contribution is 2.24. The molecule has 31 heavy (non-hydrogen) atoms. The van der Waals surface area contributed by atoms with E-state index >= 15 is 0 Å². The fraction of sp³-hybridized carbons (Fsp3) is 0.318. The summed E-state index contributed by atoms with van der Waals surface area (Å²) in [6.07, 6.45) is 3.18. The average Bonchev–Trinajstić information content (AvgIpc) is 2.98. The number of guanidine groups is 1. The van der Waals surface area contributed by atoms with Crippen molar-refractivity contribution in [1.29, 1.82) is 0 Å². The van der Waals surface area contributed by atoms with Crippen LogP contribution in [0.2, 0.25) is 0 Å². The van der Waals surface area contributed by atoms with Gasteiger partial charge in [-0.15, -0.1) is 24.0 Å². The molecule has 0 saturated carbocycles. The first kappa shape index (κ1) is 24.6. The highest BCUT2D eigenvalue weighted by molar-refractivity contribution is 14.0. The van der Waals surface area contributed by atoms with Crippen LogP contribution in [-0.4, -0.2) is 27.3 Å². The molecule has 0 fully saturated rings. The largest absolute Gasteiger partial charge is 0.453 e. The van der Waals surface area contributed by atoms with E-state index in [4.69, 9.17) is 4.74 Å². The van der Waals surface area contributed by atoms with Crippen LogP contribution in [0.15, 0.2) is 47.7 Å². The minimum Gasteiger partial charge on any atom is -0.453 e. The van der Waals surface area contributed by atoms with Crippen molar-refractivity contribution in [3.8, 4) is 11.5 Å². The number of aliphatic imine (C=N–C) groups is 1. The van der Waals surface area contributed by atoms with Crippen LogP contribution in [0.3, 0.4) is 0 Å². The molecule has 7 nitrogen and oxygen atoms in total. The van der Waals surface area contributed by atoms with Gasteiger partial charge in [-0.1, -0.05) is 6.07 Å². The molecule has 2 N–H and O–H groups in total. The van der Waals surface area contributed by atoms with Crippen LogP contribution in [0.1, 0.15) is 29.4 Å². The van der Waals surface area contributed by atoms with E-state index in [9.17, 15) is 4.39 Å². The smallest absolute Gasteiger partial charge is 0.191 e. The molecule has 0 spiro atoms. The van der Waals surface area contributed by atoms with Crippen LogP contribution >= 0.6 is 24.0 Å². The van der Waals surface area contributed by atoms with Crippen LogP contribution in [0.5, 0.6) is 11.5 Å². The molecule has 0 aliphatic carbocycles. The number of halogens is 2. The summed E-state index contributed by atoms with van der Waals surface area (Å²) in [5, 5.41) is 11.0. The van der Waals surface area contributed by atoms with Gasteiger partial charge in [-0.05, 0) is 50.6 Å². The van der Waals surface area contributed by atoms with Crippen molar-refractivity contribution in [1.82, 2.24) is 25.4 Å². The van der Waals surface area contributed by atoms with E-state index in [2.05, 4.69) is 25.7 Å². The summed E-state index contributed by atoms with van der Waals surface area (Å²) in [6, 6.07) is 8.31. The summed E-state index contributed by atoms with van der Waals surface area (Å²) >= 11 is 0. The number of aryl methyl sites for hydroxylation is 2. The molecule has 2 aromatic heterocycles. The Kier molecular flexibility index (Phi) is 9.22. The van der Waals surface area contributed by atoms with Gasteiger partial charge < -0.3 is 15.4 Å². The zero-order valence-corrected chi connectivity index (χ0v) is 20.5. The highest BCUT2D eigenvalue weighted by atomic mass is 127. The summed E-state index contributed by atoms with van der Waals surface area (Å²) in [6.45, 7) is 7.71. The van der Waals surface area contributed by atoms with Crippen molar-refractivity contribution in [3.05, 3.63) is 71.1 Å². The van der Waals surface area contributed by atoms with Gasteiger partial charge in [-0.25, -0.2) is 9.38 Å². The first-order valence-corrected chi connectivity index (χ1v) is 9.85. The minimum atomic E-state index is -0.439. The molecule has 1 aromatic carbocycles. The molecule has 0 bridgehead atoms. The highest BCUT2D eigenvalue weighted by Gasteiger charge is 2.10. The number of nitrogens with one attached hydrogen (secondary N) is 2. The molecule has 0 aliphatic rings. The number of nitrogens with zero attached hydrogens (tertiary/aromatic N) is 4. The molecule has 9 heteroatoms. The van der Waals surface area contributed by atoms with Crippen molar-refractivity contribution < 1.29 is 9.13 Å². The lowest BCUT2D eigenvalue weighted by molar-refractivity contribution is 0.440. The third kappa shape index (κ3) is 6.65. The van der Waals surface area contributed by atoms with E-state index in [0.717, 1.165) is 29.1 Å². The van der Waals surface area contributed by atoms with Crippen LogP contribution in [-0.2, 0) is 20.1 Å². The molecule has 0 amide bonds. The fourth-order valence-electron chi connectivity index (χ4n) is 3.02. The predicted octanol–water partition coefficient (Wildman–Crippen LogP) is 4.24. The third-order valence-electron chi connectivity index (χ3n) is 4.71. The molecule has 0 atom stereocenters. The molecule has 166 valence electrons. The summed E-state index contributed by atoms with van der Waals surface area (Å²) in [5.74, 6) is 0.868. The molecule has 0 aliphatic heterocycles. The predicted molar refractivity (Wildman–Crippen MR) is 130 cm³/mol. The van der Waals surface area contributed by atoms with Crippen molar-refractivity contribution in [2.45, 2.75) is 33.9 Å². The lowest BCUT2D eigenvalue weighted by atomic mass is 10.2. The molecule has 3 rings (SSSR count). The second-order valence-electron chi connectivity index (χ2n) is 6.88. The van der Waals surface area contributed by atoms with Crippen LogP contribution in [0.25, 0.3) is 0 Å². The van der Waals surface area contributed by atoms with Gasteiger partial charge in [0, 0.05) is 37.6 Å². The lowest BCUT2D eigenvalue weighted by Crippen LogP contribution is -2.37. The first-order chi connectivity index (χ1) is 14.5. The van der Waals surface area contributed by atoms with Crippen LogP contribution in [0.4, 0.5) is 4.39 Å². The summed E-state index contributed by atoms with van der Waals surface area (Å²) in [5.41, 5.74) is 4.00. The normalized spacial score (nSPS) is 11.1. The zero-order chi connectivity index (χ0) is 21.5. The maximum Gasteiger partial charge on any atom is 0.191 e. The Morgan fingerprint density at radius 1 is 1.23 bits per heavy atom. The van der Waals surface area contributed by atoms with Gasteiger partial charge in [0.25, 0.3) is 0 Å². The number of ether oxygens (including phenoxy) is 1. The molecule has 2 heterocycles. The SMILES string of the molecule is CCNC(=NCc1ccc(Oc2cccnc2)c(F)c1)NCc1c(C)nn(C)c1C.I. The number of hydrogen-bond donors (Lipinski definition) is 2. The topological polar surface area (TPSA) is 76.4 Å². The van der Waals surface area contributed by atoms with E-state index in [1.165, 1.54) is 12.3 Å². The van der Waals surface area contributed by atoms with E-state index in [-0.39, 0.29) is 29.7 Å². The van der Waals surface area contributed by atoms with Gasteiger partial charge in [0.1, 0.15) is 5.75 Å². The maximum atomic E-state index is 14.4. The monoisotopic (exact) mass is 538 g/mol. The van der Waals surface area contributed by atoms with Gasteiger partial charge >= 0.3 is 0 Å². The summed E-state index contributed by atoms with van der Waals surface area (Å²) < 4.78 is 21.8. The van der Waals surface area contributed by atoms with Crippen LogP contribution in [0, 0.1) is 19.7 Å². The van der Waals surface area contributed by atoms with Gasteiger partial charge in [-0.2, -0.15) is 5.10 Å². The van der Waals surface area contributed by atoms with E-state index in [1.54, 1.807) is 30.5 Å². The Morgan fingerprint density at radius 2 is 2.03 bits per heavy atom. The molecular formula is C22H28FIN6O. The molecule has 0 radical (unpaired) electrons. The second-order valence-corrected chi connectivity index (χ2v) is 6.88.